The Kier molecular flexibility index (Phi) is 5.44. The van der Waals surface area contributed by atoms with Gasteiger partial charge < -0.3 is 24.2 Å². The molecule has 0 aliphatic carbocycles. The average Bonchev–Trinajstić information content (AvgIpc) is 2.45. The number of aliphatic hydroxyl groups is 1. The van der Waals surface area contributed by atoms with Crippen molar-refractivity contribution in [1.29, 1.82) is 0 Å². The summed E-state index contributed by atoms with van der Waals surface area (Å²) in [7, 11) is 6.22. The van der Waals surface area contributed by atoms with Gasteiger partial charge in [-0.05, 0) is 0 Å². The molecule has 0 aliphatic rings. The summed E-state index contributed by atoms with van der Waals surface area (Å²) in [6.07, 6.45) is 0. The minimum atomic E-state index is -0.530. The van der Waals surface area contributed by atoms with Crippen molar-refractivity contribution >= 4 is 5.91 Å². The summed E-state index contributed by atoms with van der Waals surface area (Å²) in [5, 5.41) is 8.84. The molecule has 1 aromatic carbocycles. The quantitative estimate of drug-likeness (QED) is 0.821. The summed E-state index contributed by atoms with van der Waals surface area (Å²) in [5.74, 6) is 1.36. The molecule has 0 atom stereocenters. The minimum Gasteiger partial charge on any atom is -0.496 e. The zero-order valence-corrected chi connectivity index (χ0v) is 11.6. The van der Waals surface area contributed by atoms with Crippen molar-refractivity contribution in [2.45, 2.75) is 6.54 Å². The van der Waals surface area contributed by atoms with E-state index in [9.17, 15) is 4.79 Å². The fourth-order valence-corrected chi connectivity index (χ4v) is 1.68. The number of carbonyl (C=O) groups excluding carboxylic acids is 1. The van der Waals surface area contributed by atoms with Gasteiger partial charge >= 0.3 is 0 Å². The largest absolute Gasteiger partial charge is 0.496 e. The molecule has 1 amide bonds. The van der Waals surface area contributed by atoms with Gasteiger partial charge in [-0.15, -0.1) is 0 Å². The number of likely N-dealkylation sites (N-methyl/N-ethyl adjacent to an activating group) is 1. The molecular weight excluding hydrogens is 250 g/mol. The van der Waals surface area contributed by atoms with Crippen LogP contribution in [0.4, 0.5) is 0 Å². The van der Waals surface area contributed by atoms with Gasteiger partial charge in [0.15, 0.2) is 0 Å². The van der Waals surface area contributed by atoms with E-state index in [1.165, 1.54) is 19.1 Å². The van der Waals surface area contributed by atoms with E-state index >= 15 is 0 Å². The van der Waals surface area contributed by atoms with E-state index in [-0.39, 0.29) is 12.5 Å². The first-order valence-corrected chi connectivity index (χ1v) is 5.71. The Morgan fingerprint density at radius 3 is 2.05 bits per heavy atom. The second kappa shape index (κ2) is 6.84. The van der Waals surface area contributed by atoms with Crippen LogP contribution < -0.4 is 14.2 Å². The Labute approximate surface area is 112 Å². The van der Waals surface area contributed by atoms with Crippen LogP contribution in [0.5, 0.6) is 17.2 Å². The van der Waals surface area contributed by atoms with Crippen LogP contribution in [0.15, 0.2) is 12.1 Å². The van der Waals surface area contributed by atoms with Gasteiger partial charge in [0, 0.05) is 19.2 Å². The van der Waals surface area contributed by atoms with Crippen LogP contribution in [-0.2, 0) is 11.3 Å². The van der Waals surface area contributed by atoms with Crippen molar-refractivity contribution < 1.29 is 24.1 Å². The van der Waals surface area contributed by atoms with E-state index in [1.807, 2.05) is 0 Å². The smallest absolute Gasteiger partial charge is 0.248 e. The summed E-state index contributed by atoms with van der Waals surface area (Å²) >= 11 is 0. The molecule has 6 nitrogen and oxygen atoms in total. The van der Waals surface area contributed by atoms with Gasteiger partial charge in [-0.1, -0.05) is 0 Å². The van der Waals surface area contributed by atoms with E-state index < -0.39 is 6.61 Å². The molecule has 1 aromatic rings. The molecule has 0 radical (unpaired) electrons. The third-order valence-corrected chi connectivity index (χ3v) is 2.77. The molecule has 1 rings (SSSR count). The molecule has 0 saturated carbocycles. The SMILES string of the molecule is COc1cc(OC)c(CN(C)C(=O)CO)c(OC)c1. The number of nitrogens with zero attached hydrogens (tertiary/aromatic N) is 1. The first-order chi connectivity index (χ1) is 9.07. The number of rotatable bonds is 6. The number of methoxy groups -OCH3 is 3. The molecule has 0 spiro atoms. The molecule has 0 unspecified atom stereocenters. The fraction of sp³-hybridized carbons (Fsp3) is 0.462. The van der Waals surface area contributed by atoms with E-state index in [4.69, 9.17) is 19.3 Å². The van der Waals surface area contributed by atoms with Crippen molar-refractivity contribution in [3.05, 3.63) is 17.7 Å². The second-order valence-electron chi connectivity index (χ2n) is 3.92. The van der Waals surface area contributed by atoms with Crippen LogP contribution >= 0.6 is 0 Å². The number of hydrogen-bond acceptors (Lipinski definition) is 5. The van der Waals surface area contributed by atoms with Gasteiger partial charge in [-0.25, -0.2) is 0 Å². The van der Waals surface area contributed by atoms with Crippen molar-refractivity contribution in [3.63, 3.8) is 0 Å². The zero-order chi connectivity index (χ0) is 14.4. The maximum Gasteiger partial charge on any atom is 0.248 e. The molecule has 1 N–H and O–H groups in total. The van der Waals surface area contributed by atoms with E-state index in [0.717, 1.165) is 5.56 Å². The molecule has 106 valence electrons. The molecule has 0 saturated heterocycles. The van der Waals surface area contributed by atoms with Gasteiger partial charge in [0.05, 0.1) is 33.4 Å². The predicted molar refractivity (Wildman–Crippen MR) is 69.7 cm³/mol. The monoisotopic (exact) mass is 269 g/mol. The summed E-state index contributed by atoms with van der Waals surface area (Å²) < 4.78 is 15.7. The molecule has 0 heterocycles. The Morgan fingerprint density at radius 2 is 1.68 bits per heavy atom. The zero-order valence-electron chi connectivity index (χ0n) is 11.6. The van der Waals surface area contributed by atoms with Gasteiger partial charge in [-0.3, -0.25) is 4.79 Å². The van der Waals surface area contributed by atoms with Crippen molar-refractivity contribution in [1.82, 2.24) is 4.90 Å². The topological polar surface area (TPSA) is 68.2 Å². The third-order valence-electron chi connectivity index (χ3n) is 2.77. The lowest BCUT2D eigenvalue weighted by Gasteiger charge is -2.20. The molecule has 0 fully saturated rings. The number of amides is 1. The van der Waals surface area contributed by atoms with Crippen LogP contribution in [0.1, 0.15) is 5.56 Å². The standard InChI is InChI=1S/C13H19NO5/c1-14(13(16)8-15)7-10-11(18-3)5-9(17-2)6-12(10)19-4/h5-6,15H,7-8H2,1-4H3. The molecule has 0 aliphatic heterocycles. The fourth-order valence-electron chi connectivity index (χ4n) is 1.68. The molecule has 0 aromatic heterocycles. The lowest BCUT2D eigenvalue weighted by Crippen LogP contribution is -2.29. The lowest BCUT2D eigenvalue weighted by atomic mass is 10.1. The van der Waals surface area contributed by atoms with Crippen LogP contribution in [0.3, 0.4) is 0 Å². The Balaban J connectivity index is 3.13. The molecule has 0 bridgehead atoms. The van der Waals surface area contributed by atoms with Crippen molar-refractivity contribution in [2.75, 3.05) is 35.0 Å². The van der Waals surface area contributed by atoms with Crippen LogP contribution in [0, 0.1) is 0 Å². The summed E-state index contributed by atoms with van der Waals surface area (Å²) in [6, 6.07) is 3.43. The lowest BCUT2D eigenvalue weighted by molar-refractivity contribution is -0.133. The number of aliphatic hydroxyl groups excluding tert-OH is 1. The Hall–Kier alpha value is -1.95. The normalized spacial score (nSPS) is 9.95. The van der Waals surface area contributed by atoms with Gasteiger partial charge in [0.1, 0.15) is 23.9 Å². The van der Waals surface area contributed by atoms with Crippen molar-refractivity contribution in [2.24, 2.45) is 0 Å². The highest BCUT2D eigenvalue weighted by molar-refractivity contribution is 5.77. The maximum absolute atomic E-state index is 11.4. The third kappa shape index (κ3) is 3.51. The predicted octanol–water partition coefficient (Wildman–Crippen LogP) is 0.663. The van der Waals surface area contributed by atoms with Gasteiger partial charge in [-0.2, -0.15) is 0 Å². The van der Waals surface area contributed by atoms with Gasteiger partial charge in [0.2, 0.25) is 5.91 Å². The average molecular weight is 269 g/mol. The Morgan fingerprint density at radius 1 is 1.16 bits per heavy atom. The summed E-state index contributed by atoms with van der Waals surface area (Å²) in [4.78, 5) is 12.8. The first-order valence-electron chi connectivity index (χ1n) is 5.71. The van der Waals surface area contributed by atoms with Gasteiger partial charge in [0.25, 0.3) is 0 Å². The van der Waals surface area contributed by atoms with E-state index in [1.54, 1.807) is 26.3 Å². The number of carbonyl (C=O) groups is 1. The van der Waals surface area contributed by atoms with E-state index in [0.29, 0.717) is 17.2 Å². The maximum atomic E-state index is 11.4. The molecule has 6 heteroatoms. The first kappa shape index (κ1) is 15.1. The summed E-state index contributed by atoms with van der Waals surface area (Å²) in [5.41, 5.74) is 0.718. The number of benzene rings is 1. The van der Waals surface area contributed by atoms with Crippen LogP contribution in [0.25, 0.3) is 0 Å². The summed E-state index contributed by atoms with van der Waals surface area (Å²) in [6.45, 7) is -0.257. The second-order valence-corrected chi connectivity index (χ2v) is 3.92. The number of hydrogen-bond donors (Lipinski definition) is 1. The highest BCUT2D eigenvalue weighted by atomic mass is 16.5. The van der Waals surface area contributed by atoms with E-state index in [2.05, 4.69) is 0 Å². The highest BCUT2D eigenvalue weighted by Crippen LogP contribution is 2.34. The Bertz CT molecular complexity index is 422. The highest BCUT2D eigenvalue weighted by Gasteiger charge is 2.17. The minimum absolute atomic E-state index is 0.274. The molecular formula is C13H19NO5. The van der Waals surface area contributed by atoms with Crippen molar-refractivity contribution in [3.8, 4) is 17.2 Å². The van der Waals surface area contributed by atoms with Crippen LogP contribution in [-0.4, -0.2) is 50.9 Å². The molecule has 19 heavy (non-hydrogen) atoms. The number of ether oxygens (including phenoxy) is 3. The van der Waals surface area contributed by atoms with Crippen LogP contribution in [0.2, 0.25) is 0 Å².